The minimum Gasteiger partial charge on any atom is -0.504 e. The summed E-state index contributed by atoms with van der Waals surface area (Å²) in [5.41, 5.74) is 0.926. The minimum atomic E-state index is 0.0857. The molecule has 2 heterocycles. The number of ether oxygens (including phenoxy) is 1. The number of para-hydroxylation sites is 1. The van der Waals surface area contributed by atoms with Crippen molar-refractivity contribution in [3.63, 3.8) is 0 Å². The molecule has 1 fully saturated rings. The van der Waals surface area contributed by atoms with Crippen molar-refractivity contribution in [1.29, 1.82) is 0 Å². The van der Waals surface area contributed by atoms with E-state index >= 15 is 0 Å². The van der Waals surface area contributed by atoms with Crippen LogP contribution in [-0.2, 0) is 0 Å². The van der Waals surface area contributed by atoms with Crippen LogP contribution in [0.25, 0.3) is 0 Å². The largest absolute Gasteiger partial charge is 0.504 e. The Labute approximate surface area is 135 Å². The van der Waals surface area contributed by atoms with Crippen molar-refractivity contribution in [2.75, 3.05) is 32.8 Å². The second-order valence-corrected chi connectivity index (χ2v) is 6.31. The Morgan fingerprint density at radius 2 is 2.09 bits per heavy atom. The number of benzene rings is 1. The van der Waals surface area contributed by atoms with Crippen molar-refractivity contribution in [1.82, 2.24) is 10.2 Å². The standard InChI is InChI=1S/C17H22N2O2S/c1-2-21-14-6-3-5-13(17(14)20)16(15-7-4-12-22-15)19-10-8-18-9-11-19/h3-7,12,16,18,20H,2,8-11H2,1H3/t16-/m0/s1. The fourth-order valence-electron chi connectivity index (χ4n) is 2.95. The Bertz CT molecular complexity index is 595. The van der Waals surface area contributed by atoms with E-state index in [1.165, 1.54) is 4.88 Å². The summed E-state index contributed by atoms with van der Waals surface area (Å²) in [7, 11) is 0. The molecule has 5 heteroatoms. The average molecular weight is 318 g/mol. The molecule has 1 aromatic carbocycles. The van der Waals surface area contributed by atoms with Crippen LogP contribution in [0.4, 0.5) is 0 Å². The van der Waals surface area contributed by atoms with Crippen LogP contribution in [0.5, 0.6) is 11.5 Å². The number of aromatic hydroxyl groups is 1. The summed E-state index contributed by atoms with van der Waals surface area (Å²) >= 11 is 1.73. The highest BCUT2D eigenvalue weighted by Gasteiger charge is 2.27. The van der Waals surface area contributed by atoms with Gasteiger partial charge in [0.05, 0.1) is 12.6 Å². The molecule has 3 rings (SSSR count). The summed E-state index contributed by atoms with van der Waals surface area (Å²) in [6, 6.07) is 10.1. The average Bonchev–Trinajstić information content (AvgIpc) is 3.06. The fourth-order valence-corrected chi connectivity index (χ4v) is 3.83. The highest BCUT2D eigenvalue weighted by atomic mass is 32.1. The van der Waals surface area contributed by atoms with Crippen LogP contribution in [-0.4, -0.2) is 42.8 Å². The first kappa shape index (κ1) is 15.3. The van der Waals surface area contributed by atoms with E-state index in [1.54, 1.807) is 11.3 Å². The van der Waals surface area contributed by atoms with Crippen molar-refractivity contribution in [3.8, 4) is 11.5 Å². The molecule has 1 atom stereocenters. The number of rotatable bonds is 5. The number of nitrogens with zero attached hydrogens (tertiary/aromatic N) is 1. The van der Waals surface area contributed by atoms with Crippen molar-refractivity contribution >= 4 is 11.3 Å². The minimum absolute atomic E-state index is 0.0857. The SMILES string of the molecule is CCOc1cccc([C@@H](c2cccs2)N2CCNCC2)c1O. The van der Waals surface area contributed by atoms with E-state index in [-0.39, 0.29) is 11.8 Å². The van der Waals surface area contributed by atoms with E-state index < -0.39 is 0 Å². The third kappa shape index (κ3) is 3.11. The van der Waals surface area contributed by atoms with E-state index in [4.69, 9.17) is 4.74 Å². The van der Waals surface area contributed by atoms with Crippen molar-refractivity contribution < 1.29 is 9.84 Å². The van der Waals surface area contributed by atoms with Crippen LogP contribution < -0.4 is 10.1 Å². The Morgan fingerprint density at radius 1 is 1.27 bits per heavy atom. The van der Waals surface area contributed by atoms with Gasteiger partial charge in [-0.1, -0.05) is 18.2 Å². The summed E-state index contributed by atoms with van der Waals surface area (Å²) in [5, 5.41) is 16.1. The molecule has 2 N–H and O–H groups in total. The maximum Gasteiger partial charge on any atom is 0.162 e. The normalized spacial score (nSPS) is 17.3. The molecule has 4 nitrogen and oxygen atoms in total. The Kier molecular flexibility index (Phi) is 4.97. The van der Waals surface area contributed by atoms with Gasteiger partial charge in [0.1, 0.15) is 0 Å². The van der Waals surface area contributed by atoms with Crippen LogP contribution >= 0.6 is 11.3 Å². The van der Waals surface area contributed by atoms with Gasteiger partial charge < -0.3 is 15.2 Å². The molecule has 2 aromatic rings. The predicted molar refractivity (Wildman–Crippen MR) is 89.9 cm³/mol. The lowest BCUT2D eigenvalue weighted by atomic mass is 10.0. The van der Waals surface area contributed by atoms with Crippen molar-refractivity contribution in [2.45, 2.75) is 13.0 Å². The lowest BCUT2D eigenvalue weighted by Gasteiger charge is -2.35. The first-order chi connectivity index (χ1) is 10.8. The van der Waals surface area contributed by atoms with Gasteiger partial charge in [-0.3, -0.25) is 4.90 Å². The number of phenolic OH excluding ortho intramolecular Hbond substituents is 1. The molecule has 0 spiro atoms. The van der Waals surface area contributed by atoms with E-state index in [0.29, 0.717) is 12.4 Å². The van der Waals surface area contributed by atoms with E-state index in [1.807, 2.05) is 25.1 Å². The maximum absolute atomic E-state index is 10.7. The molecule has 118 valence electrons. The zero-order valence-corrected chi connectivity index (χ0v) is 13.6. The molecule has 0 aliphatic carbocycles. The number of nitrogens with one attached hydrogen (secondary N) is 1. The van der Waals surface area contributed by atoms with Gasteiger partial charge in [0.25, 0.3) is 0 Å². The van der Waals surface area contributed by atoms with Gasteiger partial charge in [0, 0.05) is 36.6 Å². The molecule has 1 aromatic heterocycles. The van der Waals surface area contributed by atoms with Gasteiger partial charge in [-0.2, -0.15) is 0 Å². The molecule has 0 amide bonds. The van der Waals surface area contributed by atoms with Gasteiger partial charge in [0.2, 0.25) is 0 Å². The van der Waals surface area contributed by atoms with Crippen LogP contribution in [0.2, 0.25) is 0 Å². The number of hydrogen-bond acceptors (Lipinski definition) is 5. The molecule has 1 saturated heterocycles. The maximum atomic E-state index is 10.7. The highest BCUT2D eigenvalue weighted by Crippen LogP contribution is 2.40. The number of thiophene rings is 1. The van der Waals surface area contributed by atoms with Gasteiger partial charge in [-0.25, -0.2) is 0 Å². The third-order valence-corrected chi connectivity index (χ3v) is 4.88. The van der Waals surface area contributed by atoms with E-state index in [9.17, 15) is 5.11 Å². The zero-order chi connectivity index (χ0) is 15.4. The molecule has 0 bridgehead atoms. The summed E-state index contributed by atoms with van der Waals surface area (Å²) in [6.45, 7) is 6.39. The lowest BCUT2D eigenvalue weighted by Crippen LogP contribution is -2.45. The Balaban J connectivity index is 2.00. The fraction of sp³-hybridized carbons (Fsp3) is 0.412. The van der Waals surface area contributed by atoms with Crippen molar-refractivity contribution in [2.24, 2.45) is 0 Å². The molecule has 1 aliphatic heterocycles. The molecule has 0 saturated carbocycles. The number of phenols is 1. The first-order valence-corrected chi connectivity index (χ1v) is 8.62. The second-order valence-electron chi connectivity index (χ2n) is 5.33. The van der Waals surface area contributed by atoms with Gasteiger partial charge in [0.15, 0.2) is 11.5 Å². The van der Waals surface area contributed by atoms with Gasteiger partial charge in [-0.05, 0) is 24.4 Å². The van der Waals surface area contributed by atoms with Gasteiger partial charge in [-0.15, -0.1) is 11.3 Å². The summed E-state index contributed by atoms with van der Waals surface area (Å²) < 4.78 is 5.55. The molecule has 0 unspecified atom stereocenters. The van der Waals surface area contributed by atoms with Gasteiger partial charge >= 0.3 is 0 Å². The van der Waals surface area contributed by atoms with Crippen molar-refractivity contribution in [3.05, 3.63) is 46.2 Å². The molecule has 1 aliphatic rings. The van der Waals surface area contributed by atoms with Crippen LogP contribution in [0.3, 0.4) is 0 Å². The topological polar surface area (TPSA) is 44.7 Å². The Hall–Kier alpha value is -1.56. The summed E-state index contributed by atoms with van der Waals surface area (Å²) in [4.78, 5) is 3.68. The molecular formula is C17H22N2O2S. The van der Waals surface area contributed by atoms with Crippen LogP contribution in [0, 0.1) is 0 Å². The monoisotopic (exact) mass is 318 g/mol. The predicted octanol–water partition coefficient (Wildman–Crippen LogP) is 2.85. The summed E-state index contributed by atoms with van der Waals surface area (Å²) in [6.07, 6.45) is 0. The smallest absolute Gasteiger partial charge is 0.162 e. The molecule has 22 heavy (non-hydrogen) atoms. The second kappa shape index (κ2) is 7.13. The van der Waals surface area contributed by atoms with E-state index in [0.717, 1.165) is 31.7 Å². The lowest BCUT2D eigenvalue weighted by molar-refractivity contribution is 0.197. The quantitative estimate of drug-likeness (QED) is 0.890. The first-order valence-electron chi connectivity index (χ1n) is 7.74. The Morgan fingerprint density at radius 3 is 2.77 bits per heavy atom. The highest BCUT2D eigenvalue weighted by molar-refractivity contribution is 7.10. The number of hydrogen-bond donors (Lipinski definition) is 2. The summed E-state index contributed by atoms with van der Waals surface area (Å²) in [5.74, 6) is 0.831. The van der Waals surface area contributed by atoms with Crippen LogP contribution in [0.15, 0.2) is 35.7 Å². The van der Waals surface area contributed by atoms with E-state index in [2.05, 4.69) is 27.7 Å². The number of piperazine rings is 1. The molecular weight excluding hydrogens is 296 g/mol. The van der Waals surface area contributed by atoms with Crippen LogP contribution in [0.1, 0.15) is 23.4 Å². The molecule has 0 radical (unpaired) electrons. The zero-order valence-electron chi connectivity index (χ0n) is 12.8. The third-order valence-electron chi connectivity index (χ3n) is 3.95.